The van der Waals surface area contributed by atoms with Crippen molar-refractivity contribution in [2.75, 3.05) is 0 Å². The molecule has 0 radical (unpaired) electrons. The summed E-state index contributed by atoms with van der Waals surface area (Å²) in [7, 11) is 0. The van der Waals surface area contributed by atoms with E-state index in [4.69, 9.17) is 0 Å². The maximum Gasteiger partial charge on any atom is -1.00 e. The Morgan fingerprint density at radius 2 is 1.33 bits per heavy atom. The fourth-order valence-corrected chi connectivity index (χ4v) is 14.9. The van der Waals surface area contributed by atoms with Crippen LogP contribution in [-0.4, -0.2) is 3.71 Å². The fourth-order valence-electron chi connectivity index (χ4n) is 6.02. The van der Waals surface area contributed by atoms with Gasteiger partial charge in [0.05, 0.1) is 0 Å². The van der Waals surface area contributed by atoms with Gasteiger partial charge in [-0.15, -0.1) is 0 Å². The first-order valence-electron chi connectivity index (χ1n) is 12.7. The summed E-state index contributed by atoms with van der Waals surface area (Å²) >= 11 is -2.39. The van der Waals surface area contributed by atoms with Crippen LogP contribution in [0.3, 0.4) is 0 Å². The van der Waals surface area contributed by atoms with Gasteiger partial charge in [-0.1, -0.05) is 0 Å². The van der Waals surface area contributed by atoms with Gasteiger partial charge in [0.15, 0.2) is 0 Å². The van der Waals surface area contributed by atoms with Gasteiger partial charge in [0.2, 0.25) is 0 Å². The van der Waals surface area contributed by atoms with E-state index in [0.717, 1.165) is 6.42 Å². The number of aryl methyl sites for hydroxylation is 1. The maximum atomic E-state index is 2.76. The van der Waals surface area contributed by atoms with Gasteiger partial charge in [-0.3, -0.25) is 0 Å². The summed E-state index contributed by atoms with van der Waals surface area (Å²) in [5.41, 5.74) is 12.2. The Labute approximate surface area is 237 Å². The molecular formula is C33H36Cl2Zr. The summed E-state index contributed by atoms with van der Waals surface area (Å²) in [6, 6.07) is 27.6. The number of allylic oxidation sites excluding steroid dienone is 4. The third-order valence-electron chi connectivity index (χ3n) is 7.54. The Morgan fingerprint density at radius 1 is 0.806 bits per heavy atom. The molecular weight excluding hydrogens is 558 g/mol. The van der Waals surface area contributed by atoms with Crippen LogP contribution in [0.25, 0.3) is 11.1 Å². The van der Waals surface area contributed by atoms with Gasteiger partial charge in [0, 0.05) is 0 Å². The molecule has 3 heteroatoms. The molecule has 2 aliphatic carbocycles. The van der Waals surface area contributed by atoms with Crippen LogP contribution in [0.1, 0.15) is 66.9 Å². The number of hydrogen-bond acceptors (Lipinski definition) is 0. The van der Waals surface area contributed by atoms with Gasteiger partial charge in [0.1, 0.15) is 0 Å². The molecule has 1 atom stereocenters. The van der Waals surface area contributed by atoms with E-state index in [9.17, 15) is 0 Å². The maximum absolute atomic E-state index is 2.76. The van der Waals surface area contributed by atoms with Crippen molar-refractivity contribution in [1.29, 1.82) is 0 Å². The van der Waals surface area contributed by atoms with Crippen LogP contribution in [0.2, 0.25) is 0 Å². The van der Waals surface area contributed by atoms with E-state index in [0.29, 0.717) is 9.54 Å². The van der Waals surface area contributed by atoms with Crippen molar-refractivity contribution in [2.45, 2.75) is 51.6 Å². The average Bonchev–Trinajstić information content (AvgIpc) is 3.34. The molecule has 3 aromatic carbocycles. The van der Waals surface area contributed by atoms with E-state index < -0.39 is 21.3 Å². The summed E-state index contributed by atoms with van der Waals surface area (Å²) < 4.78 is 5.10. The van der Waals surface area contributed by atoms with Crippen LogP contribution in [-0.2, 0) is 21.3 Å². The Hall–Kier alpha value is -1.53. The average molecular weight is 595 g/mol. The SMILES string of the molecule is CCC1=[C](/[Zr+2](=[CH]/c2ccc(C)cc2)[CH]2c3ccccc3-c3ccccc32)C(C)C=C1C(C)(C)C.[Cl-].[Cl-]. The molecule has 0 bridgehead atoms. The van der Waals surface area contributed by atoms with Gasteiger partial charge in [-0.05, 0) is 0 Å². The van der Waals surface area contributed by atoms with Gasteiger partial charge in [-0.25, -0.2) is 0 Å². The van der Waals surface area contributed by atoms with Crippen LogP contribution in [0.4, 0.5) is 0 Å². The molecule has 186 valence electrons. The van der Waals surface area contributed by atoms with Crippen molar-refractivity contribution in [3.63, 3.8) is 0 Å². The molecule has 0 aliphatic heterocycles. The van der Waals surface area contributed by atoms with Crippen molar-refractivity contribution < 1.29 is 46.1 Å². The zero-order valence-corrected chi connectivity index (χ0v) is 26.2. The molecule has 0 spiro atoms. The van der Waals surface area contributed by atoms with Crippen LogP contribution < -0.4 is 24.8 Å². The zero-order chi connectivity index (χ0) is 24.0. The van der Waals surface area contributed by atoms with E-state index in [1.165, 1.54) is 22.3 Å². The number of benzene rings is 3. The third kappa shape index (κ3) is 5.22. The molecule has 0 amide bonds. The monoisotopic (exact) mass is 592 g/mol. The molecule has 36 heavy (non-hydrogen) atoms. The quantitative estimate of drug-likeness (QED) is 0.436. The molecule has 0 saturated carbocycles. The second kappa shape index (κ2) is 11.5. The van der Waals surface area contributed by atoms with Crippen molar-refractivity contribution in [1.82, 2.24) is 0 Å². The minimum atomic E-state index is -2.39. The number of halogens is 2. The largest absolute Gasteiger partial charge is 1.00 e. The number of hydrogen-bond donors (Lipinski definition) is 0. The summed E-state index contributed by atoms with van der Waals surface area (Å²) in [5, 5.41) is 0. The minimum absolute atomic E-state index is 0. The van der Waals surface area contributed by atoms with Crippen LogP contribution in [0.5, 0.6) is 0 Å². The fraction of sp³-hybridized carbons (Fsp3) is 0.303. The van der Waals surface area contributed by atoms with E-state index in [1.54, 1.807) is 22.3 Å². The second-order valence-electron chi connectivity index (χ2n) is 11.0. The minimum Gasteiger partial charge on any atom is -1.00 e. The second-order valence-corrected chi connectivity index (χ2v) is 16.7. The summed E-state index contributed by atoms with van der Waals surface area (Å²) in [5.74, 6) is 0.528. The Balaban J connectivity index is 0.00000180. The van der Waals surface area contributed by atoms with Crippen LogP contribution in [0.15, 0.2) is 93.3 Å². The van der Waals surface area contributed by atoms with Crippen molar-refractivity contribution in [2.24, 2.45) is 11.3 Å². The normalized spacial score (nSPS) is 16.7. The van der Waals surface area contributed by atoms with Gasteiger partial charge >= 0.3 is 215 Å². The van der Waals surface area contributed by atoms with Crippen LogP contribution in [0, 0.1) is 18.3 Å². The first kappa shape index (κ1) is 29.0. The Bertz CT molecular complexity index is 1290. The predicted octanol–water partition coefficient (Wildman–Crippen LogP) is 2.83. The molecule has 0 saturated heterocycles. The molecule has 0 N–H and O–H groups in total. The van der Waals surface area contributed by atoms with E-state index in [1.807, 2.05) is 3.28 Å². The molecule has 3 aromatic rings. The first-order valence-corrected chi connectivity index (χ1v) is 16.8. The van der Waals surface area contributed by atoms with Crippen LogP contribution >= 0.6 is 0 Å². The van der Waals surface area contributed by atoms with Crippen molar-refractivity contribution in [3.8, 4) is 11.1 Å². The molecule has 2 aliphatic rings. The molecule has 1 unspecified atom stereocenters. The summed E-state index contributed by atoms with van der Waals surface area (Å²) in [6.45, 7) is 14.2. The first-order chi connectivity index (χ1) is 16.3. The van der Waals surface area contributed by atoms with Gasteiger partial charge in [-0.2, -0.15) is 0 Å². The Morgan fingerprint density at radius 3 is 1.83 bits per heavy atom. The zero-order valence-electron chi connectivity index (χ0n) is 22.2. The van der Waals surface area contributed by atoms with E-state index in [-0.39, 0.29) is 30.2 Å². The standard InChI is InChI=1S/C13H9.C12H19.C8H8.2ClH.Zr/c1-3-7-12-10(5-1)9-11-6-2-4-8-13(11)12;1-6-10-7-9(2)8-11(10)12(3,4)5;1-7-3-5-8(2)6-4-7;;;/h1-9H;8-9H,6H2,1-5H3;1,3-6H,2H3;2*1H;/q;;;;;+2/p-2. The van der Waals surface area contributed by atoms with Crippen molar-refractivity contribution in [3.05, 3.63) is 116 Å². The number of fused-ring (bicyclic) bond motifs is 3. The predicted molar refractivity (Wildman–Crippen MR) is 144 cm³/mol. The van der Waals surface area contributed by atoms with Gasteiger partial charge in [0.25, 0.3) is 0 Å². The van der Waals surface area contributed by atoms with Gasteiger partial charge < -0.3 is 24.8 Å². The van der Waals surface area contributed by atoms with E-state index in [2.05, 4.69) is 124 Å². The molecule has 0 nitrogen and oxygen atoms in total. The molecule has 0 aromatic heterocycles. The smallest absolute Gasteiger partial charge is 1.00 e. The Kier molecular flexibility index (Phi) is 9.25. The van der Waals surface area contributed by atoms with E-state index >= 15 is 0 Å². The summed E-state index contributed by atoms with van der Waals surface area (Å²) in [6.07, 6.45) is 3.73. The summed E-state index contributed by atoms with van der Waals surface area (Å²) in [4.78, 5) is 0. The molecule has 0 fully saturated rings. The number of rotatable bonds is 4. The molecule has 5 rings (SSSR count). The third-order valence-corrected chi connectivity index (χ3v) is 15.6. The topological polar surface area (TPSA) is 0 Å². The van der Waals surface area contributed by atoms with Crippen molar-refractivity contribution >= 4 is 3.71 Å². The molecule has 0 heterocycles.